The molecule has 0 radical (unpaired) electrons. The molecule has 5 nitrogen and oxygen atoms in total. The molecule has 2 amide bonds. The molecule has 0 saturated carbocycles. The molecule has 28 heavy (non-hydrogen) atoms. The maximum absolute atomic E-state index is 13.2. The van der Waals surface area contributed by atoms with Crippen LogP contribution < -0.4 is 10.8 Å². The zero-order valence-corrected chi connectivity index (χ0v) is 16.1. The Morgan fingerprint density at radius 1 is 1.14 bits per heavy atom. The summed E-state index contributed by atoms with van der Waals surface area (Å²) in [5.74, 6) is -1.64. The van der Waals surface area contributed by atoms with Crippen molar-refractivity contribution in [1.29, 1.82) is 0 Å². The van der Waals surface area contributed by atoms with Crippen LogP contribution in [-0.4, -0.2) is 17.0 Å². The summed E-state index contributed by atoms with van der Waals surface area (Å²) in [6.45, 7) is 1.72. The number of fused-ring (bicyclic) bond motifs is 1. The molecule has 3 rings (SSSR count). The Kier molecular flexibility index (Phi) is 5.73. The first kappa shape index (κ1) is 20.3. The summed E-state index contributed by atoms with van der Waals surface area (Å²) in [6, 6.07) is 9.31. The summed E-state index contributed by atoms with van der Waals surface area (Å²) >= 11 is 1.88. The molecule has 3 N–H and O–H groups in total. The number of carbonyl (C=O) groups excluding carboxylic acids is 2. The van der Waals surface area contributed by atoms with E-state index in [2.05, 4.69) is 5.32 Å². The molecule has 2 aromatic heterocycles. The van der Waals surface area contributed by atoms with Gasteiger partial charge in [0, 0.05) is 9.58 Å². The molecule has 0 bridgehead atoms. The van der Waals surface area contributed by atoms with Gasteiger partial charge in [-0.15, -0.1) is 22.7 Å². The molecule has 0 spiro atoms. The second-order valence-electron chi connectivity index (χ2n) is 5.91. The maximum atomic E-state index is 13.2. The number of hydrogen-bond donors (Lipinski definition) is 3. The molecule has 0 aliphatic heterocycles. The molecular weight excluding hydrogens is 413 g/mol. The van der Waals surface area contributed by atoms with Crippen LogP contribution in [0.2, 0.25) is 0 Å². The molecule has 0 aliphatic rings. The van der Waals surface area contributed by atoms with Gasteiger partial charge in [-0.2, -0.15) is 13.2 Å². The third-order valence-corrected chi connectivity index (χ3v) is 6.43. The van der Waals surface area contributed by atoms with Gasteiger partial charge in [-0.05, 0) is 30.0 Å². The lowest BCUT2D eigenvalue weighted by Gasteiger charge is -2.14. The topological polar surface area (TPSA) is 78.4 Å². The Labute approximate surface area is 165 Å². The van der Waals surface area contributed by atoms with E-state index in [1.54, 1.807) is 13.0 Å². The Balaban J connectivity index is 1.89. The zero-order valence-electron chi connectivity index (χ0n) is 14.5. The molecule has 1 atom stereocenters. The van der Waals surface area contributed by atoms with Crippen LogP contribution in [0.4, 0.5) is 13.2 Å². The molecule has 2 heterocycles. The second kappa shape index (κ2) is 7.90. The van der Waals surface area contributed by atoms with Crippen LogP contribution >= 0.6 is 22.7 Å². The van der Waals surface area contributed by atoms with Crippen molar-refractivity contribution in [2.24, 2.45) is 0 Å². The zero-order chi connectivity index (χ0) is 20.5. The number of thiophene rings is 2. The van der Waals surface area contributed by atoms with Crippen molar-refractivity contribution in [1.82, 2.24) is 10.8 Å². The van der Waals surface area contributed by atoms with Crippen molar-refractivity contribution >= 4 is 44.6 Å². The number of alkyl halides is 3. The van der Waals surface area contributed by atoms with Gasteiger partial charge in [-0.1, -0.05) is 25.1 Å². The van der Waals surface area contributed by atoms with Gasteiger partial charge in [-0.3, -0.25) is 14.8 Å². The van der Waals surface area contributed by atoms with E-state index < -0.39 is 34.5 Å². The van der Waals surface area contributed by atoms with Crippen LogP contribution in [0.5, 0.6) is 0 Å². The summed E-state index contributed by atoms with van der Waals surface area (Å²) in [5.41, 5.74) is 0.0866. The Hall–Kier alpha value is -2.43. The van der Waals surface area contributed by atoms with Crippen molar-refractivity contribution in [2.75, 3.05) is 0 Å². The molecule has 0 unspecified atom stereocenters. The standard InChI is InChI=1S/C18H15F3N2O3S2/c1-2-11(13-8-10(18(19,20)21)15(28-13)17(25)23-26)22-16(24)14-7-9-5-3-4-6-12(9)27-14/h3-8,11,26H,2H2,1H3,(H,22,24)(H,23,25)/t11-/m0/s1. The number of hydrogen-bond acceptors (Lipinski definition) is 5. The van der Waals surface area contributed by atoms with E-state index in [0.717, 1.165) is 16.2 Å². The monoisotopic (exact) mass is 428 g/mol. The highest BCUT2D eigenvalue weighted by Gasteiger charge is 2.38. The number of carbonyl (C=O) groups is 2. The molecule has 10 heteroatoms. The van der Waals surface area contributed by atoms with Gasteiger partial charge in [0.25, 0.3) is 11.8 Å². The summed E-state index contributed by atoms with van der Waals surface area (Å²) in [4.78, 5) is 24.2. The first-order chi connectivity index (χ1) is 13.2. The molecule has 148 valence electrons. The normalized spacial score (nSPS) is 12.8. The number of hydroxylamine groups is 1. The maximum Gasteiger partial charge on any atom is 0.418 e. The fraction of sp³-hybridized carbons (Fsp3) is 0.222. The summed E-state index contributed by atoms with van der Waals surface area (Å²) < 4.78 is 40.6. The van der Waals surface area contributed by atoms with Gasteiger partial charge >= 0.3 is 6.18 Å². The minimum atomic E-state index is -4.76. The number of rotatable bonds is 5. The predicted molar refractivity (Wildman–Crippen MR) is 101 cm³/mol. The van der Waals surface area contributed by atoms with Gasteiger partial charge in [0.1, 0.15) is 4.88 Å². The number of amides is 2. The smallest absolute Gasteiger partial charge is 0.344 e. The second-order valence-corrected chi connectivity index (χ2v) is 8.08. The van der Waals surface area contributed by atoms with Crippen LogP contribution in [-0.2, 0) is 6.18 Å². The van der Waals surface area contributed by atoms with Crippen LogP contribution in [0.1, 0.15) is 49.2 Å². The molecule has 0 saturated heterocycles. The molecular formula is C18H15F3N2O3S2. The van der Waals surface area contributed by atoms with Gasteiger partial charge < -0.3 is 5.32 Å². The average Bonchev–Trinajstić information content (AvgIpc) is 3.29. The number of benzene rings is 1. The summed E-state index contributed by atoms with van der Waals surface area (Å²) in [5, 5.41) is 12.4. The Bertz CT molecular complexity index is 994. The molecule has 3 aromatic rings. The van der Waals surface area contributed by atoms with E-state index in [4.69, 9.17) is 5.21 Å². The van der Waals surface area contributed by atoms with Crippen LogP contribution in [0.15, 0.2) is 36.4 Å². The van der Waals surface area contributed by atoms with E-state index in [9.17, 15) is 22.8 Å². The largest absolute Gasteiger partial charge is 0.418 e. The van der Waals surface area contributed by atoms with Crippen molar-refractivity contribution in [3.63, 3.8) is 0 Å². The highest BCUT2D eigenvalue weighted by molar-refractivity contribution is 7.20. The molecule has 0 aliphatic carbocycles. The van der Waals surface area contributed by atoms with E-state index in [1.165, 1.54) is 16.8 Å². The fourth-order valence-corrected chi connectivity index (χ4v) is 4.88. The van der Waals surface area contributed by atoms with E-state index >= 15 is 0 Å². The average molecular weight is 428 g/mol. The molecule has 1 aromatic carbocycles. The molecule has 0 fully saturated rings. The number of halogens is 3. The highest BCUT2D eigenvalue weighted by atomic mass is 32.1. The lowest BCUT2D eigenvalue weighted by Crippen LogP contribution is -2.26. The SMILES string of the molecule is CC[C@H](NC(=O)c1cc2ccccc2s1)c1cc(C(F)(F)F)c(C(=O)NO)s1. The summed E-state index contributed by atoms with van der Waals surface area (Å²) in [6.07, 6.45) is -4.43. The number of nitrogens with one attached hydrogen (secondary N) is 2. The third kappa shape index (κ3) is 4.03. The highest BCUT2D eigenvalue weighted by Crippen LogP contribution is 2.39. The van der Waals surface area contributed by atoms with Gasteiger partial charge in [0.15, 0.2) is 0 Å². The van der Waals surface area contributed by atoms with Crippen molar-refractivity contribution < 1.29 is 28.0 Å². The van der Waals surface area contributed by atoms with Crippen LogP contribution in [0.3, 0.4) is 0 Å². The van der Waals surface area contributed by atoms with Gasteiger partial charge in [-0.25, -0.2) is 5.48 Å². The van der Waals surface area contributed by atoms with Crippen LogP contribution in [0, 0.1) is 0 Å². The third-order valence-electron chi connectivity index (χ3n) is 4.07. The van der Waals surface area contributed by atoms with Crippen molar-refractivity contribution in [3.05, 3.63) is 56.6 Å². The van der Waals surface area contributed by atoms with E-state index in [1.807, 2.05) is 24.3 Å². The van der Waals surface area contributed by atoms with Gasteiger partial charge in [0.2, 0.25) is 0 Å². The minimum absolute atomic E-state index is 0.183. The van der Waals surface area contributed by atoms with Crippen molar-refractivity contribution in [2.45, 2.75) is 25.6 Å². The quantitative estimate of drug-likeness (QED) is 0.396. The Morgan fingerprint density at radius 2 is 1.86 bits per heavy atom. The first-order valence-corrected chi connectivity index (χ1v) is 9.82. The lowest BCUT2D eigenvalue weighted by atomic mass is 10.1. The minimum Gasteiger partial charge on any atom is -0.344 e. The predicted octanol–water partition coefficient (Wildman–Crippen LogP) is 4.98. The summed E-state index contributed by atoms with van der Waals surface area (Å²) in [7, 11) is 0. The lowest BCUT2D eigenvalue weighted by molar-refractivity contribution is -0.137. The van der Waals surface area contributed by atoms with Crippen molar-refractivity contribution in [3.8, 4) is 0 Å². The van der Waals surface area contributed by atoms with E-state index in [0.29, 0.717) is 22.6 Å². The Morgan fingerprint density at radius 3 is 2.46 bits per heavy atom. The fourth-order valence-electron chi connectivity index (χ4n) is 2.71. The van der Waals surface area contributed by atoms with Gasteiger partial charge in [0.05, 0.1) is 16.5 Å². The van der Waals surface area contributed by atoms with Crippen LogP contribution in [0.25, 0.3) is 10.1 Å². The van der Waals surface area contributed by atoms with E-state index in [-0.39, 0.29) is 4.88 Å². The first-order valence-electron chi connectivity index (χ1n) is 8.19.